The molecule has 1 aliphatic carbocycles. The van der Waals surface area contributed by atoms with Crippen molar-refractivity contribution in [2.24, 2.45) is 0 Å². The molecular formula is C17H23N3O. The molecule has 0 bridgehead atoms. The molecule has 112 valence electrons. The highest BCUT2D eigenvalue weighted by Gasteiger charge is 2.19. The molecule has 0 N–H and O–H groups in total. The van der Waals surface area contributed by atoms with E-state index in [2.05, 4.69) is 28.2 Å². The van der Waals surface area contributed by atoms with Crippen LogP contribution in [0.15, 0.2) is 35.0 Å². The first-order valence-electron chi connectivity index (χ1n) is 7.85. The van der Waals surface area contributed by atoms with Crippen LogP contribution in [0.5, 0.6) is 0 Å². The van der Waals surface area contributed by atoms with Gasteiger partial charge in [-0.2, -0.15) is 0 Å². The van der Waals surface area contributed by atoms with Gasteiger partial charge in [-0.3, -0.25) is 9.88 Å². The predicted molar refractivity (Wildman–Crippen MR) is 81.7 cm³/mol. The molecule has 2 heterocycles. The van der Waals surface area contributed by atoms with Gasteiger partial charge in [-0.1, -0.05) is 30.5 Å². The zero-order valence-corrected chi connectivity index (χ0v) is 12.7. The normalized spacial score (nSPS) is 16.5. The quantitative estimate of drug-likeness (QED) is 0.839. The van der Waals surface area contributed by atoms with Crippen LogP contribution in [0, 0.1) is 0 Å². The highest BCUT2D eigenvalue weighted by atomic mass is 16.5. The maximum Gasteiger partial charge on any atom is 0.150 e. The van der Waals surface area contributed by atoms with Gasteiger partial charge in [0.2, 0.25) is 0 Å². The maximum atomic E-state index is 5.51. The predicted octanol–water partition coefficient (Wildman–Crippen LogP) is 3.75. The van der Waals surface area contributed by atoms with Crippen molar-refractivity contribution in [3.05, 3.63) is 47.6 Å². The van der Waals surface area contributed by atoms with Crippen molar-refractivity contribution in [1.29, 1.82) is 0 Å². The van der Waals surface area contributed by atoms with Crippen LogP contribution in [0.25, 0.3) is 0 Å². The first-order valence-corrected chi connectivity index (χ1v) is 7.85. The molecule has 1 saturated carbocycles. The van der Waals surface area contributed by atoms with Gasteiger partial charge < -0.3 is 4.52 Å². The van der Waals surface area contributed by atoms with Gasteiger partial charge in [-0.05, 0) is 32.0 Å². The van der Waals surface area contributed by atoms with E-state index in [1.165, 1.54) is 32.1 Å². The van der Waals surface area contributed by atoms with Crippen molar-refractivity contribution in [2.75, 3.05) is 7.05 Å². The molecule has 4 heteroatoms. The first-order chi connectivity index (χ1) is 10.3. The molecule has 2 aromatic rings. The summed E-state index contributed by atoms with van der Waals surface area (Å²) in [7, 11) is 2.08. The zero-order chi connectivity index (χ0) is 14.5. The number of aromatic nitrogens is 2. The molecule has 0 unspecified atom stereocenters. The zero-order valence-electron chi connectivity index (χ0n) is 12.7. The van der Waals surface area contributed by atoms with Crippen molar-refractivity contribution in [3.63, 3.8) is 0 Å². The monoisotopic (exact) mass is 285 g/mol. The summed E-state index contributed by atoms with van der Waals surface area (Å²) in [5, 5.41) is 4.28. The minimum Gasteiger partial charge on any atom is -0.360 e. The SMILES string of the molecule is CN(Cc1ccccn1)Cc1cc(C2CCCCC2)no1. The Morgan fingerprint density at radius 3 is 2.81 bits per heavy atom. The van der Waals surface area contributed by atoms with Crippen LogP contribution in [0.4, 0.5) is 0 Å². The van der Waals surface area contributed by atoms with E-state index in [1.807, 2.05) is 24.4 Å². The summed E-state index contributed by atoms with van der Waals surface area (Å²) in [6, 6.07) is 8.15. The number of pyridine rings is 1. The average Bonchev–Trinajstić information content (AvgIpc) is 2.97. The van der Waals surface area contributed by atoms with Crippen LogP contribution < -0.4 is 0 Å². The summed E-state index contributed by atoms with van der Waals surface area (Å²) >= 11 is 0. The van der Waals surface area contributed by atoms with Crippen LogP contribution in [0.2, 0.25) is 0 Å². The lowest BCUT2D eigenvalue weighted by atomic mass is 9.87. The minimum atomic E-state index is 0.609. The smallest absolute Gasteiger partial charge is 0.150 e. The summed E-state index contributed by atoms with van der Waals surface area (Å²) in [6.45, 7) is 1.59. The van der Waals surface area contributed by atoms with E-state index < -0.39 is 0 Å². The van der Waals surface area contributed by atoms with Crippen molar-refractivity contribution in [2.45, 2.75) is 51.1 Å². The third-order valence-electron chi connectivity index (χ3n) is 4.18. The minimum absolute atomic E-state index is 0.609. The molecule has 21 heavy (non-hydrogen) atoms. The third kappa shape index (κ3) is 3.91. The molecule has 0 radical (unpaired) electrons. The Hall–Kier alpha value is -1.68. The maximum absolute atomic E-state index is 5.51. The van der Waals surface area contributed by atoms with E-state index in [-0.39, 0.29) is 0 Å². The van der Waals surface area contributed by atoms with E-state index in [9.17, 15) is 0 Å². The molecule has 1 aliphatic rings. The molecule has 1 fully saturated rings. The van der Waals surface area contributed by atoms with Gasteiger partial charge in [0.15, 0.2) is 5.76 Å². The van der Waals surface area contributed by atoms with E-state index in [0.717, 1.165) is 30.2 Å². The van der Waals surface area contributed by atoms with Crippen LogP contribution in [0.3, 0.4) is 0 Å². The fraction of sp³-hybridized carbons (Fsp3) is 0.529. The molecule has 4 nitrogen and oxygen atoms in total. The standard InChI is InChI=1S/C17H23N3O/c1-20(12-15-9-5-6-10-18-15)13-16-11-17(19-21-16)14-7-3-2-4-8-14/h5-6,9-11,14H,2-4,7-8,12-13H2,1H3. The molecule has 0 aromatic carbocycles. The van der Waals surface area contributed by atoms with E-state index in [1.54, 1.807) is 0 Å². The number of nitrogens with zero attached hydrogens (tertiary/aromatic N) is 3. The van der Waals surface area contributed by atoms with Crippen molar-refractivity contribution < 1.29 is 4.52 Å². The Balaban J connectivity index is 1.56. The third-order valence-corrected chi connectivity index (χ3v) is 4.18. The van der Waals surface area contributed by atoms with E-state index in [0.29, 0.717) is 5.92 Å². The lowest BCUT2D eigenvalue weighted by Crippen LogP contribution is -2.17. The van der Waals surface area contributed by atoms with Gasteiger partial charge in [-0.15, -0.1) is 0 Å². The molecule has 2 aromatic heterocycles. The van der Waals surface area contributed by atoms with Crippen LogP contribution >= 0.6 is 0 Å². The Morgan fingerprint density at radius 2 is 2.05 bits per heavy atom. The second-order valence-electron chi connectivity index (χ2n) is 6.05. The topological polar surface area (TPSA) is 42.2 Å². The summed E-state index contributed by atoms with van der Waals surface area (Å²) in [4.78, 5) is 6.55. The summed E-state index contributed by atoms with van der Waals surface area (Å²) in [6.07, 6.45) is 8.37. The Bertz CT molecular complexity index is 546. The van der Waals surface area contributed by atoms with E-state index >= 15 is 0 Å². The van der Waals surface area contributed by atoms with Gasteiger partial charge in [0.05, 0.1) is 17.9 Å². The first kappa shape index (κ1) is 14.3. The lowest BCUT2D eigenvalue weighted by Gasteiger charge is -2.18. The van der Waals surface area contributed by atoms with Crippen LogP contribution in [-0.4, -0.2) is 22.1 Å². The molecule has 0 saturated heterocycles. The fourth-order valence-corrected chi connectivity index (χ4v) is 3.08. The Labute approximate surface area is 126 Å². The van der Waals surface area contributed by atoms with Gasteiger partial charge in [0.1, 0.15) is 0 Å². The summed E-state index contributed by atoms with van der Waals surface area (Å²) in [5.41, 5.74) is 2.22. The second-order valence-corrected chi connectivity index (χ2v) is 6.05. The largest absolute Gasteiger partial charge is 0.360 e. The van der Waals surface area contributed by atoms with Gasteiger partial charge in [0.25, 0.3) is 0 Å². The molecule has 0 aliphatic heterocycles. The molecule has 0 atom stereocenters. The second kappa shape index (κ2) is 6.85. The van der Waals surface area contributed by atoms with Gasteiger partial charge in [-0.25, -0.2) is 0 Å². The number of rotatable bonds is 5. The average molecular weight is 285 g/mol. The highest BCUT2D eigenvalue weighted by molar-refractivity contribution is 5.11. The lowest BCUT2D eigenvalue weighted by molar-refractivity contribution is 0.262. The highest BCUT2D eigenvalue weighted by Crippen LogP contribution is 2.32. The summed E-state index contributed by atoms with van der Waals surface area (Å²) in [5.74, 6) is 1.56. The molecule has 3 rings (SSSR count). The van der Waals surface area contributed by atoms with Gasteiger partial charge in [0, 0.05) is 24.7 Å². The summed E-state index contributed by atoms with van der Waals surface area (Å²) < 4.78 is 5.51. The Kier molecular flexibility index (Phi) is 4.65. The Morgan fingerprint density at radius 1 is 1.19 bits per heavy atom. The van der Waals surface area contributed by atoms with Crippen LogP contribution in [0.1, 0.15) is 55.2 Å². The number of hydrogen-bond donors (Lipinski definition) is 0. The van der Waals surface area contributed by atoms with Crippen molar-refractivity contribution >= 4 is 0 Å². The molecular weight excluding hydrogens is 262 g/mol. The van der Waals surface area contributed by atoms with Crippen molar-refractivity contribution in [3.8, 4) is 0 Å². The molecule has 0 spiro atoms. The van der Waals surface area contributed by atoms with Crippen LogP contribution in [-0.2, 0) is 13.1 Å². The molecule has 0 amide bonds. The van der Waals surface area contributed by atoms with Crippen molar-refractivity contribution in [1.82, 2.24) is 15.0 Å². The van der Waals surface area contributed by atoms with Gasteiger partial charge >= 0.3 is 0 Å². The number of hydrogen-bond acceptors (Lipinski definition) is 4. The fourth-order valence-electron chi connectivity index (χ4n) is 3.08. The van der Waals surface area contributed by atoms with E-state index in [4.69, 9.17) is 4.52 Å².